The first kappa shape index (κ1) is 30.4. The lowest BCUT2D eigenvalue weighted by Gasteiger charge is -2.28. The highest BCUT2D eigenvalue weighted by Crippen LogP contribution is 2.32. The van der Waals surface area contributed by atoms with Crippen LogP contribution >= 0.6 is 0 Å². The summed E-state index contributed by atoms with van der Waals surface area (Å²) in [6.07, 6.45) is 6.48. The third-order valence-corrected chi connectivity index (χ3v) is 8.14. The summed E-state index contributed by atoms with van der Waals surface area (Å²) in [5.74, 6) is 0.924. The Morgan fingerprint density at radius 1 is 1.08 bits per heavy atom. The number of nitrogens with zero attached hydrogens (tertiary/aromatic N) is 1. The van der Waals surface area contributed by atoms with Gasteiger partial charge in [-0.15, -0.1) is 0 Å². The van der Waals surface area contributed by atoms with E-state index in [1.807, 2.05) is 43.3 Å². The monoisotopic (exact) mass is 540 g/mol. The highest BCUT2D eigenvalue weighted by atomic mass is 19.1. The minimum absolute atomic E-state index is 0.146. The van der Waals surface area contributed by atoms with Crippen LogP contribution in [0.1, 0.15) is 56.2 Å². The molecule has 4 N–H and O–H groups in total. The minimum atomic E-state index is -0.434. The van der Waals surface area contributed by atoms with Crippen molar-refractivity contribution in [2.75, 3.05) is 25.6 Å². The van der Waals surface area contributed by atoms with Crippen LogP contribution in [0.25, 0.3) is 10.9 Å². The van der Waals surface area contributed by atoms with Gasteiger partial charge in [0.2, 0.25) is 6.41 Å². The first-order valence-corrected chi connectivity index (χ1v) is 13.8. The van der Waals surface area contributed by atoms with Crippen molar-refractivity contribution in [2.45, 2.75) is 64.0 Å². The first-order chi connectivity index (χ1) is 18.7. The molecule has 8 heteroatoms. The topological polar surface area (TPSA) is 91.2 Å². The number of halogens is 2. The van der Waals surface area contributed by atoms with E-state index >= 15 is 0 Å². The number of likely N-dealkylation sites (N-methyl/N-ethyl adjacent to an activating group) is 1. The van der Waals surface area contributed by atoms with Crippen LogP contribution in [0.15, 0.2) is 48.5 Å². The van der Waals surface area contributed by atoms with Gasteiger partial charge in [-0.1, -0.05) is 12.1 Å². The lowest BCUT2D eigenvalue weighted by molar-refractivity contribution is -0.112. The molecule has 3 atom stereocenters. The van der Waals surface area contributed by atoms with Crippen molar-refractivity contribution in [3.63, 3.8) is 0 Å². The molecule has 3 aromatic rings. The van der Waals surface area contributed by atoms with E-state index in [0.717, 1.165) is 60.8 Å². The highest BCUT2D eigenvalue weighted by Gasteiger charge is 2.29. The fourth-order valence-corrected chi connectivity index (χ4v) is 5.52. The van der Waals surface area contributed by atoms with Crippen LogP contribution < -0.4 is 11.1 Å². The van der Waals surface area contributed by atoms with E-state index < -0.39 is 6.67 Å². The second kappa shape index (κ2) is 14.9. The zero-order valence-electron chi connectivity index (χ0n) is 23.2. The van der Waals surface area contributed by atoms with E-state index in [1.54, 1.807) is 12.1 Å². The van der Waals surface area contributed by atoms with Crippen molar-refractivity contribution in [3.05, 3.63) is 65.6 Å². The third kappa shape index (κ3) is 8.70. The lowest BCUT2D eigenvalue weighted by Crippen LogP contribution is -2.34. The smallest absolute Gasteiger partial charge is 0.211 e. The normalized spacial score (nSPS) is 23.6. The maximum atomic E-state index is 12.7. The number of alkyl halides is 1. The molecule has 1 aromatic heterocycles. The van der Waals surface area contributed by atoms with Gasteiger partial charge in [-0.2, -0.15) is 0 Å². The predicted molar refractivity (Wildman–Crippen MR) is 154 cm³/mol. The summed E-state index contributed by atoms with van der Waals surface area (Å²) in [6, 6.07) is 15.0. The number of anilines is 1. The number of likely N-dealkylation sites (tertiary alicyclic amines) is 1. The van der Waals surface area contributed by atoms with Crippen molar-refractivity contribution in [1.82, 2.24) is 9.88 Å². The number of aromatic nitrogens is 1. The third-order valence-electron chi connectivity index (χ3n) is 8.14. The minimum Gasteiger partial charge on any atom is -0.359 e. The molecular weight excluding hydrogens is 498 g/mol. The molecule has 39 heavy (non-hydrogen) atoms. The number of hydrogen-bond acceptors (Lipinski definition) is 4. The molecule has 2 fully saturated rings. The summed E-state index contributed by atoms with van der Waals surface area (Å²) in [5, 5.41) is 3.73. The van der Waals surface area contributed by atoms with Gasteiger partial charge in [0.15, 0.2) is 0 Å². The average molecular weight is 541 g/mol. The van der Waals surface area contributed by atoms with E-state index in [9.17, 15) is 18.4 Å². The van der Waals surface area contributed by atoms with Gasteiger partial charge in [0, 0.05) is 46.2 Å². The number of nitrogens with one attached hydrogen (secondary N) is 2. The highest BCUT2D eigenvalue weighted by molar-refractivity contribution is 5.86. The second-order valence-corrected chi connectivity index (χ2v) is 10.8. The Bertz CT molecular complexity index is 1180. The molecule has 1 aliphatic carbocycles. The number of aryl methyl sites for hydroxylation is 1. The SMILES string of the molecule is CC1[C@@H](c2ccc(F)cc2)CCN1C.Cc1cc2cc(NC=O)ccc2[nH]1.NC(CF)C1CCC(C=O)CC1. The number of fused-ring (bicyclic) bond motifs is 1. The Morgan fingerprint density at radius 3 is 2.33 bits per heavy atom. The van der Waals surface area contributed by atoms with Crippen molar-refractivity contribution in [3.8, 4) is 0 Å². The van der Waals surface area contributed by atoms with Gasteiger partial charge in [0.05, 0.1) is 0 Å². The van der Waals surface area contributed by atoms with Gasteiger partial charge in [-0.05, 0) is 107 Å². The average Bonchev–Trinajstić information content (AvgIpc) is 3.49. The van der Waals surface area contributed by atoms with Crippen LogP contribution in [0.2, 0.25) is 0 Å². The summed E-state index contributed by atoms with van der Waals surface area (Å²) in [4.78, 5) is 26.2. The number of carbonyl (C=O) groups is 2. The largest absolute Gasteiger partial charge is 0.359 e. The first-order valence-electron chi connectivity index (χ1n) is 13.8. The van der Waals surface area contributed by atoms with Gasteiger partial charge in [-0.25, -0.2) is 8.78 Å². The fourth-order valence-electron chi connectivity index (χ4n) is 5.52. The zero-order valence-corrected chi connectivity index (χ0v) is 23.2. The maximum Gasteiger partial charge on any atom is 0.211 e. The predicted octanol–water partition coefficient (Wildman–Crippen LogP) is 5.97. The number of amides is 1. The van der Waals surface area contributed by atoms with Gasteiger partial charge < -0.3 is 25.7 Å². The van der Waals surface area contributed by atoms with Crippen molar-refractivity contribution in [2.24, 2.45) is 17.6 Å². The quantitative estimate of drug-likeness (QED) is 0.336. The molecule has 1 saturated carbocycles. The van der Waals surface area contributed by atoms with E-state index in [0.29, 0.717) is 24.3 Å². The summed E-state index contributed by atoms with van der Waals surface area (Å²) in [5.41, 5.74) is 9.87. The molecule has 0 spiro atoms. The number of aromatic amines is 1. The number of rotatable bonds is 6. The second-order valence-electron chi connectivity index (χ2n) is 10.8. The Hall–Kier alpha value is -3.10. The zero-order chi connectivity index (χ0) is 28.4. The van der Waals surface area contributed by atoms with Gasteiger partial charge in [-0.3, -0.25) is 4.79 Å². The van der Waals surface area contributed by atoms with E-state index in [2.05, 4.69) is 29.2 Å². The fraction of sp³-hybridized carbons (Fsp3) is 0.484. The number of benzene rings is 2. The Labute approximate surface area is 230 Å². The van der Waals surface area contributed by atoms with Crippen molar-refractivity contribution in [1.29, 1.82) is 0 Å². The molecule has 1 aliphatic heterocycles. The van der Waals surface area contributed by atoms with E-state index in [-0.39, 0.29) is 17.8 Å². The van der Waals surface area contributed by atoms with Crippen LogP contribution in [0.4, 0.5) is 14.5 Å². The Balaban J connectivity index is 0.000000162. The number of aldehydes is 1. The summed E-state index contributed by atoms with van der Waals surface area (Å²) in [6.45, 7) is 4.95. The number of H-pyrrole nitrogens is 1. The molecule has 2 unspecified atom stereocenters. The van der Waals surface area contributed by atoms with Crippen molar-refractivity contribution < 1.29 is 18.4 Å². The Kier molecular flexibility index (Phi) is 11.6. The molecule has 2 aromatic carbocycles. The summed E-state index contributed by atoms with van der Waals surface area (Å²) >= 11 is 0. The molecular formula is C31H42F2N4O2. The molecule has 5 rings (SSSR count). The number of nitrogens with two attached hydrogens (primary N) is 1. The standard InChI is InChI=1S/C12H16FN.C10H10N2O.C9H16FNO/c1-9-12(7-8-14(9)2)10-3-5-11(13)6-4-10;1-7-4-8-5-9(11-6-13)2-3-10(8)12-7;10-5-9(11)8-3-1-7(6-12)2-4-8/h3-6,9,12H,7-8H2,1-2H3;2-6,12H,1H3,(H,11,13);6-9H,1-5,11H2/t9?,12-;;/m0../s1. The van der Waals surface area contributed by atoms with E-state index in [1.165, 1.54) is 12.0 Å². The van der Waals surface area contributed by atoms with Crippen LogP contribution in [0.3, 0.4) is 0 Å². The van der Waals surface area contributed by atoms with Crippen LogP contribution in [0.5, 0.6) is 0 Å². The Morgan fingerprint density at radius 2 is 1.77 bits per heavy atom. The van der Waals surface area contributed by atoms with Crippen LogP contribution in [-0.2, 0) is 9.59 Å². The molecule has 6 nitrogen and oxygen atoms in total. The van der Waals surface area contributed by atoms with Gasteiger partial charge in [0.25, 0.3) is 0 Å². The molecule has 0 bridgehead atoms. The van der Waals surface area contributed by atoms with Crippen molar-refractivity contribution >= 4 is 29.3 Å². The molecule has 1 amide bonds. The molecule has 1 saturated heterocycles. The molecule has 0 radical (unpaired) electrons. The number of hydrogen-bond donors (Lipinski definition) is 3. The van der Waals surface area contributed by atoms with Crippen LogP contribution in [0, 0.1) is 24.6 Å². The van der Waals surface area contributed by atoms with Crippen LogP contribution in [-0.4, -0.2) is 54.9 Å². The molecule has 2 heterocycles. The molecule has 2 aliphatic rings. The van der Waals surface area contributed by atoms with E-state index in [4.69, 9.17) is 5.73 Å². The van der Waals surface area contributed by atoms with Gasteiger partial charge in [0.1, 0.15) is 18.8 Å². The summed E-state index contributed by atoms with van der Waals surface area (Å²) < 4.78 is 24.9. The lowest BCUT2D eigenvalue weighted by atomic mass is 9.79. The maximum absolute atomic E-state index is 12.7. The summed E-state index contributed by atoms with van der Waals surface area (Å²) in [7, 11) is 2.15. The van der Waals surface area contributed by atoms with Gasteiger partial charge >= 0.3 is 0 Å². The number of carbonyl (C=O) groups excluding carboxylic acids is 2. The molecule has 212 valence electrons.